The van der Waals surface area contributed by atoms with Crippen LogP contribution in [0.5, 0.6) is 0 Å². The fourth-order valence-electron chi connectivity index (χ4n) is 0.710. The average Bonchev–Trinajstić information content (AvgIpc) is 2.57. The summed E-state index contributed by atoms with van der Waals surface area (Å²) in [6, 6.07) is 18.1. The predicted molar refractivity (Wildman–Crippen MR) is 55.5 cm³/mol. The number of hydrogen-bond donors (Lipinski definition) is 0. The molecule has 0 bridgehead atoms. The first kappa shape index (κ1) is 15.1. The van der Waals surface area contributed by atoms with E-state index in [9.17, 15) is 0 Å². The van der Waals surface area contributed by atoms with Crippen molar-refractivity contribution in [3.05, 3.63) is 54.6 Å². The molecule has 2 rings (SSSR count). The molecule has 69 valence electrons. The second-order valence-electron chi connectivity index (χ2n) is 2.18. The Morgan fingerprint density at radius 1 is 0.923 bits per heavy atom. The van der Waals surface area contributed by atoms with Gasteiger partial charge in [0.25, 0.3) is 0 Å². The Labute approximate surface area is 92.5 Å². The van der Waals surface area contributed by atoms with Gasteiger partial charge in [-0.15, -0.1) is 5.30 Å². The monoisotopic (exact) mass is 232 g/mol. The van der Waals surface area contributed by atoms with Crippen molar-refractivity contribution in [3.8, 4) is 0 Å². The molecule has 3 radical (unpaired) electrons. The van der Waals surface area contributed by atoms with Crippen molar-refractivity contribution in [2.24, 2.45) is 0 Å². The first-order valence-electron chi connectivity index (χ1n) is 3.53. The largest absolute Gasteiger partial charge is 2.00 e. The molecule has 1 nitrogen and oxygen atoms in total. The molecule has 0 fully saturated rings. The van der Waals surface area contributed by atoms with E-state index in [1.165, 1.54) is 5.30 Å². The summed E-state index contributed by atoms with van der Waals surface area (Å²) in [6.07, 6.45) is 0. The van der Waals surface area contributed by atoms with Crippen LogP contribution >= 0.6 is 9.24 Å². The van der Waals surface area contributed by atoms with Crippen molar-refractivity contribution in [3.63, 3.8) is 0 Å². The Bertz CT molecular complexity index is 233. The van der Waals surface area contributed by atoms with E-state index in [1.54, 1.807) is 0 Å². The van der Waals surface area contributed by atoms with E-state index in [0.717, 1.165) is 0 Å². The first-order valence-corrected chi connectivity index (χ1v) is 4.11. The molecule has 2 aromatic rings. The van der Waals surface area contributed by atoms with Crippen LogP contribution in [0.2, 0.25) is 0 Å². The van der Waals surface area contributed by atoms with Crippen LogP contribution in [0, 0.1) is 0 Å². The standard InChI is InChI=1S/C5H6P.C5H5.Fe.N/c6-5-3-1-2-4-5;1-2-4-5-3-1;;/h1-4H,6H2;1-5H;;/q2*-1;+2;. The Balaban J connectivity index is 0. The van der Waals surface area contributed by atoms with Gasteiger partial charge in [-0.2, -0.15) is 39.6 Å². The molecule has 0 aromatic heterocycles. The van der Waals surface area contributed by atoms with Gasteiger partial charge in [0.05, 0.1) is 0 Å². The molecule has 2 aromatic carbocycles. The molecule has 0 spiro atoms. The van der Waals surface area contributed by atoms with Crippen molar-refractivity contribution >= 4 is 14.5 Å². The van der Waals surface area contributed by atoms with Crippen LogP contribution in [0.1, 0.15) is 0 Å². The zero-order chi connectivity index (χ0) is 7.94. The van der Waals surface area contributed by atoms with Gasteiger partial charge in [0, 0.05) is 6.15 Å². The summed E-state index contributed by atoms with van der Waals surface area (Å²) in [6.45, 7) is 0. The van der Waals surface area contributed by atoms with Crippen LogP contribution in [-0.4, -0.2) is 0 Å². The van der Waals surface area contributed by atoms with E-state index < -0.39 is 0 Å². The zero-order valence-electron chi connectivity index (χ0n) is 7.07. The van der Waals surface area contributed by atoms with Gasteiger partial charge in [0.2, 0.25) is 0 Å². The Morgan fingerprint density at radius 2 is 1.38 bits per heavy atom. The van der Waals surface area contributed by atoms with Crippen LogP contribution in [0.4, 0.5) is 0 Å². The first-order chi connectivity index (χ1) is 5.39. The van der Waals surface area contributed by atoms with E-state index in [4.69, 9.17) is 0 Å². The van der Waals surface area contributed by atoms with Gasteiger partial charge in [0.1, 0.15) is 0 Å². The normalized spacial score (nSPS) is 7.15. The van der Waals surface area contributed by atoms with Crippen molar-refractivity contribution in [2.75, 3.05) is 0 Å². The van der Waals surface area contributed by atoms with E-state index >= 15 is 0 Å². The summed E-state index contributed by atoms with van der Waals surface area (Å²) >= 11 is 0. The third-order valence-electron chi connectivity index (χ3n) is 1.24. The minimum Gasteiger partial charge on any atom is -0.214 e. The van der Waals surface area contributed by atoms with E-state index in [-0.39, 0.29) is 23.2 Å². The molecule has 0 aliphatic carbocycles. The van der Waals surface area contributed by atoms with Crippen molar-refractivity contribution in [2.45, 2.75) is 0 Å². The smallest absolute Gasteiger partial charge is 0.214 e. The third kappa shape index (κ3) is 7.95. The number of rotatable bonds is 0. The Morgan fingerprint density at radius 3 is 1.54 bits per heavy atom. The molecular formula is C10H11FeNP. The second kappa shape index (κ2) is 9.70. The number of nitrogens with zero attached hydrogens (tertiary/aromatic N) is 1. The van der Waals surface area contributed by atoms with Gasteiger partial charge in [-0.25, -0.2) is 24.3 Å². The van der Waals surface area contributed by atoms with Crippen LogP contribution < -0.4 is 11.5 Å². The maximum Gasteiger partial charge on any atom is 2.00 e. The topological polar surface area (TPSA) is 30.5 Å². The SMILES string of the molecule is P[c-]1cccc1.[Fe+2].[N].c1cc[cH-]c1. The Hall–Kier alpha value is -0.391. The average molecular weight is 232 g/mol. The van der Waals surface area contributed by atoms with Crippen LogP contribution in [-0.2, 0) is 17.1 Å². The maximum atomic E-state index is 2.62. The van der Waals surface area contributed by atoms with Crippen LogP contribution in [0.3, 0.4) is 0 Å². The summed E-state index contributed by atoms with van der Waals surface area (Å²) in [5.74, 6) is 0. The molecule has 0 heterocycles. The van der Waals surface area contributed by atoms with Crippen LogP contribution in [0.25, 0.3) is 0 Å². The summed E-state index contributed by atoms with van der Waals surface area (Å²) in [7, 11) is 2.62. The second-order valence-corrected chi connectivity index (χ2v) is 2.85. The van der Waals surface area contributed by atoms with E-state index in [1.807, 2.05) is 54.6 Å². The minimum absolute atomic E-state index is 0. The summed E-state index contributed by atoms with van der Waals surface area (Å²) in [5.41, 5.74) is 0. The van der Waals surface area contributed by atoms with E-state index in [2.05, 4.69) is 9.24 Å². The van der Waals surface area contributed by atoms with Gasteiger partial charge >= 0.3 is 17.1 Å². The molecular weight excluding hydrogens is 221 g/mol. The zero-order valence-corrected chi connectivity index (χ0v) is 9.33. The van der Waals surface area contributed by atoms with Gasteiger partial charge in [-0.05, 0) is 0 Å². The fourth-order valence-corrected chi connectivity index (χ4v) is 0.932. The molecule has 0 N–H and O–H groups in total. The molecule has 0 aliphatic rings. The quantitative estimate of drug-likeness (QED) is 0.377. The van der Waals surface area contributed by atoms with Gasteiger partial charge in [-0.3, -0.25) is 0 Å². The van der Waals surface area contributed by atoms with Crippen molar-refractivity contribution in [1.29, 1.82) is 0 Å². The van der Waals surface area contributed by atoms with Gasteiger partial charge in [-0.1, -0.05) is 0 Å². The van der Waals surface area contributed by atoms with Gasteiger partial charge < -0.3 is 0 Å². The summed E-state index contributed by atoms with van der Waals surface area (Å²) < 4.78 is 0. The predicted octanol–water partition coefficient (Wildman–Crippen LogP) is 1.83. The summed E-state index contributed by atoms with van der Waals surface area (Å²) in [5, 5.41) is 1.26. The van der Waals surface area contributed by atoms with Gasteiger partial charge in [0.15, 0.2) is 0 Å². The molecule has 0 saturated carbocycles. The van der Waals surface area contributed by atoms with Crippen molar-refractivity contribution in [1.82, 2.24) is 6.15 Å². The molecule has 0 amide bonds. The molecule has 1 unspecified atom stereocenters. The number of hydrogen-bond acceptors (Lipinski definition) is 0. The van der Waals surface area contributed by atoms with E-state index in [0.29, 0.717) is 0 Å². The third-order valence-corrected chi connectivity index (χ3v) is 1.63. The Kier molecular flexibility index (Phi) is 11.3. The molecule has 0 aliphatic heterocycles. The molecule has 3 heteroatoms. The van der Waals surface area contributed by atoms with Crippen molar-refractivity contribution < 1.29 is 17.1 Å². The molecule has 1 atom stereocenters. The fraction of sp³-hybridized carbons (Fsp3) is 0. The molecule has 13 heavy (non-hydrogen) atoms. The van der Waals surface area contributed by atoms with Crippen LogP contribution in [0.15, 0.2) is 54.6 Å². The summed E-state index contributed by atoms with van der Waals surface area (Å²) in [4.78, 5) is 0. The molecule has 0 saturated heterocycles. The maximum absolute atomic E-state index is 2.62. The minimum atomic E-state index is 0.